The first-order chi connectivity index (χ1) is 13.1. The molecule has 1 aliphatic rings. The van der Waals surface area contributed by atoms with Gasteiger partial charge in [-0.15, -0.1) is 0 Å². The molecule has 2 heterocycles. The number of nitrogens with zero attached hydrogens (tertiary/aromatic N) is 4. The average molecular weight is 374 g/mol. The summed E-state index contributed by atoms with van der Waals surface area (Å²) in [6.07, 6.45) is 2.71. The maximum Gasteiger partial charge on any atom is 0.191 e. The van der Waals surface area contributed by atoms with Crippen LogP contribution in [0.4, 0.5) is 4.39 Å². The summed E-state index contributed by atoms with van der Waals surface area (Å²) >= 11 is 0. The molecule has 0 spiro atoms. The van der Waals surface area contributed by atoms with E-state index in [0.717, 1.165) is 43.0 Å². The van der Waals surface area contributed by atoms with Crippen LogP contribution in [0.5, 0.6) is 5.75 Å². The van der Waals surface area contributed by atoms with Crippen molar-refractivity contribution in [1.29, 1.82) is 0 Å². The molecule has 3 rings (SSSR count). The summed E-state index contributed by atoms with van der Waals surface area (Å²) in [5, 5.41) is 11.2. The zero-order chi connectivity index (χ0) is 19.2. The van der Waals surface area contributed by atoms with Crippen molar-refractivity contribution in [2.75, 3.05) is 13.7 Å². The number of nitrogens with one attached hydrogen (secondary N) is 2. The monoisotopic (exact) mass is 374 g/mol. The Morgan fingerprint density at radius 1 is 1.41 bits per heavy atom. The van der Waals surface area contributed by atoms with Gasteiger partial charge in [-0.25, -0.2) is 14.1 Å². The van der Waals surface area contributed by atoms with E-state index in [2.05, 4.69) is 32.6 Å². The SMILES string of the molecule is CCOc1ccc(CNC(=NC)NC2CCc3nc(CC)nn3C2)cc1F. The van der Waals surface area contributed by atoms with Gasteiger partial charge >= 0.3 is 0 Å². The summed E-state index contributed by atoms with van der Waals surface area (Å²) in [6.45, 7) is 5.58. The van der Waals surface area contributed by atoms with E-state index in [1.807, 2.05) is 17.7 Å². The molecule has 0 aliphatic carbocycles. The fourth-order valence-corrected chi connectivity index (χ4v) is 3.13. The molecule has 0 saturated heterocycles. The van der Waals surface area contributed by atoms with E-state index in [4.69, 9.17) is 4.74 Å². The summed E-state index contributed by atoms with van der Waals surface area (Å²) in [6, 6.07) is 5.22. The van der Waals surface area contributed by atoms with Gasteiger partial charge in [0, 0.05) is 32.5 Å². The summed E-state index contributed by atoms with van der Waals surface area (Å²) in [7, 11) is 1.73. The normalized spacial score (nSPS) is 16.7. The quantitative estimate of drug-likeness (QED) is 0.598. The lowest BCUT2D eigenvalue weighted by atomic mass is 10.1. The number of rotatable bonds is 6. The molecule has 1 aromatic carbocycles. The van der Waals surface area contributed by atoms with Crippen LogP contribution in [-0.2, 0) is 25.9 Å². The van der Waals surface area contributed by atoms with Crippen LogP contribution < -0.4 is 15.4 Å². The smallest absolute Gasteiger partial charge is 0.191 e. The predicted molar refractivity (Wildman–Crippen MR) is 102 cm³/mol. The molecule has 0 bridgehead atoms. The number of ether oxygens (including phenoxy) is 1. The minimum atomic E-state index is -0.350. The summed E-state index contributed by atoms with van der Waals surface area (Å²) in [5.41, 5.74) is 0.827. The van der Waals surface area contributed by atoms with Crippen molar-refractivity contribution in [3.8, 4) is 5.75 Å². The molecule has 0 radical (unpaired) electrons. The molecular formula is C19H27FN6O. The molecule has 2 N–H and O–H groups in total. The Labute approximate surface area is 159 Å². The van der Waals surface area contributed by atoms with Gasteiger partial charge in [-0.2, -0.15) is 5.10 Å². The molecule has 1 aliphatic heterocycles. The number of aryl methyl sites for hydroxylation is 2. The lowest BCUT2D eigenvalue weighted by Gasteiger charge is -2.25. The largest absolute Gasteiger partial charge is 0.491 e. The van der Waals surface area contributed by atoms with Gasteiger partial charge in [0.15, 0.2) is 23.4 Å². The Hall–Kier alpha value is -2.64. The second-order valence-corrected chi connectivity index (χ2v) is 6.48. The first kappa shape index (κ1) is 19.1. The van der Waals surface area contributed by atoms with Gasteiger partial charge < -0.3 is 15.4 Å². The van der Waals surface area contributed by atoms with Gasteiger partial charge in [-0.05, 0) is 31.0 Å². The van der Waals surface area contributed by atoms with Gasteiger partial charge in [0.2, 0.25) is 0 Å². The fraction of sp³-hybridized carbons (Fsp3) is 0.526. The van der Waals surface area contributed by atoms with E-state index in [1.165, 1.54) is 6.07 Å². The second-order valence-electron chi connectivity index (χ2n) is 6.48. The van der Waals surface area contributed by atoms with Crippen molar-refractivity contribution >= 4 is 5.96 Å². The predicted octanol–water partition coefficient (Wildman–Crippen LogP) is 2.06. The van der Waals surface area contributed by atoms with E-state index in [1.54, 1.807) is 13.1 Å². The molecule has 7 nitrogen and oxygen atoms in total. The maximum atomic E-state index is 14.0. The minimum absolute atomic E-state index is 0.229. The van der Waals surface area contributed by atoms with E-state index in [9.17, 15) is 4.39 Å². The van der Waals surface area contributed by atoms with Crippen LogP contribution in [0.1, 0.15) is 37.5 Å². The Morgan fingerprint density at radius 2 is 2.26 bits per heavy atom. The lowest BCUT2D eigenvalue weighted by Crippen LogP contribution is -2.46. The van der Waals surface area contributed by atoms with Crippen molar-refractivity contribution in [1.82, 2.24) is 25.4 Å². The van der Waals surface area contributed by atoms with Crippen LogP contribution in [0, 0.1) is 5.82 Å². The van der Waals surface area contributed by atoms with Gasteiger partial charge in [0.1, 0.15) is 5.82 Å². The third-order valence-electron chi connectivity index (χ3n) is 4.54. The van der Waals surface area contributed by atoms with Crippen LogP contribution in [0.15, 0.2) is 23.2 Å². The van der Waals surface area contributed by atoms with E-state index < -0.39 is 0 Å². The summed E-state index contributed by atoms with van der Waals surface area (Å²) in [4.78, 5) is 8.81. The zero-order valence-electron chi connectivity index (χ0n) is 16.1. The number of aliphatic imine (C=N–C) groups is 1. The highest BCUT2D eigenvalue weighted by Gasteiger charge is 2.22. The first-order valence-corrected chi connectivity index (χ1v) is 9.43. The molecule has 146 valence electrons. The molecule has 2 aromatic rings. The van der Waals surface area contributed by atoms with Crippen LogP contribution >= 0.6 is 0 Å². The molecule has 0 amide bonds. The van der Waals surface area contributed by atoms with E-state index in [0.29, 0.717) is 19.1 Å². The third-order valence-corrected chi connectivity index (χ3v) is 4.54. The number of halogens is 1. The standard InChI is InChI=1S/C19H27FN6O/c1-4-17-24-18-9-7-14(12-26(18)25-17)23-19(21-3)22-11-13-6-8-16(27-5-2)15(20)10-13/h6,8,10,14H,4-5,7,9,11-12H2,1-3H3,(H2,21,22,23). The van der Waals surface area contributed by atoms with Gasteiger partial charge in [-0.1, -0.05) is 13.0 Å². The number of benzene rings is 1. The van der Waals surface area contributed by atoms with Crippen LogP contribution in [0.3, 0.4) is 0 Å². The lowest BCUT2D eigenvalue weighted by molar-refractivity contribution is 0.321. The Balaban J connectivity index is 1.55. The molecule has 27 heavy (non-hydrogen) atoms. The van der Waals surface area contributed by atoms with Crippen molar-refractivity contribution < 1.29 is 9.13 Å². The molecule has 1 aromatic heterocycles. The van der Waals surface area contributed by atoms with Crippen LogP contribution in [0.2, 0.25) is 0 Å². The van der Waals surface area contributed by atoms with Gasteiger partial charge in [0.25, 0.3) is 0 Å². The highest BCUT2D eigenvalue weighted by atomic mass is 19.1. The Kier molecular flexibility index (Phi) is 6.26. The zero-order valence-corrected chi connectivity index (χ0v) is 16.1. The number of fused-ring (bicyclic) bond motifs is 1. The summed E-state index contributed by atoms with van der Waals surface area (Å²) < 4.78 is 21.2. The number of guanidine groups is 1. The minimum Gasteiger partial charge on any atom is -0.491 e. The molecule has 0 saturated carbocycles. The van der Waals surface area contributed by atoms with Gasteiger partial charge in [0.05, 0.1) is 13.2 Å². The van der Waals surface area contributed by atoms with Crippen molar-refractivity contribution in [2.24, 2.45) is 4.99 Å². The average Bonchev–Trinajstić information content (AvgIpc) is 3.09. The fourth-order valence-electron chi connectivity index (χ4n) is 3.13. The van der Waals surface area contributed by atoms with Gasteiger partial charge in [-0.3, -0.25) is 4.99 Å². The maximum absolute atomic E-state index is 14.0. The number of aromatic nitrogens is 3. The molecule has 1 atom stereocenters. The van der Waals surface area contributed by atoms with Crippen molar-refractivity contribution in [3.05, 3.63) is 41.2 Å². The van der Waals surface area contributed by atoms with Crippen molar-refractivity contribution in [3.63, 3.8) is 0 Å². The topological polar surface area (TPSA) is 76.4 Å². The molecular weight excluding hydrogens is 347 g/mol. The van der Waals surface area contributed by atoms with E-state index >= 15 is 0 Å². The number of hydrogen-bond donors (Lipinski definition) is 2. The molecule has 8 heteroatoms. The van der Waals surface area contributed by atoms with Crippen LogP contribution in [0.25, 0.3) is 0 Å². The number of hydrogen-bond acceptors (Lipinski definition) is 4. The second kappa shape index (κ2) is 8.83. The van der Waals surface area contributed by atoms with Crippen LogP contribution in [-0.4, -0.2) is 40.4 Å². The first-order valence-electron chi connectivity index (χ1n) is 9.43. The molecule has 0 fully saturated rings. The summed E-state index contributed by atoms with van der Waals surface area (Å²) in [5.74, 6) is 2.56. The highest BCUT2D eigenvalue weighted by molar-refractivity contribution is 5.79. The van der Waals surface area contributed by atoms with E-state index in [-0.39, 0.29) is 17.6 Å². The third kappa shape index (κ3) is 4.75. The Bertz CT molecular complexity index is 803. The Morgan fingerprint density at radius 3 is 2.96 bits per heavy atom. The van der Waals surface area contributed by atoms with Crippen molar-refractivity contribution in [2.45, 2.75) is 52.2 Å². The highest BCUT2D eigenvalue weighted by Crippen LogP contribution is 2.18. The molecule has 1 unspecified atom stereocenters.